The summed E-state index contributed by atoms with van der Waals surface area (Å²) in [7, 11) is 1.64. The molecule has 1 aliphatic rings. The van der Waals surface area contributed by atoms with Gasteiger partial charge in [-0.05, 0) is 12.8 Å². The molecule has 1 atom stereocenters. The van der Waals surface area contributed by atoms with E-state index in [1.165, 1.54) is 0 Å². The van der Waals surface area contributed by atoms with Crippen molar-refractivity contribution in [3.63, 3.8) is 0 Å². The molecule has 1 amide bonds. The maximum Gasteiger partial charge on any atom is 0.242 e. The van der Waals surface area contributed by atoms with Gasteiger partial charge in [0.15, 0.2) is 0 Å². The number of hydrogen-bond acceptors (Lipinski definition) is 5. The van der Waals surface area contributed by atoms with Crippen molar-refractivity contribution in [2.75, 3.05) is 24.2 Å². The van der Waals surface area contributed by atoms with Gasteiger partial charge in [0.1, 0.15) is 6.04 Å². The van der Waals surface area contributed by atoms with E-state index in [0.29, 0.717) is 11.6 Å². The Morgan fingerprint density at radius 2 is 2.25 bits per heavy atom. The average molecular weight is 221 g/mol. The van der Waals surface area contributed by atoms with Gasteiger partial charge in [-0.25, -0.2) is 9.97 Å². The smallest absolute Gasteiger partial charge is 0.242 e. The van der Waals surface area contributed by atoms with E-state index in [2.05, 4.69) is 15.3 Å². The molecule has 0 bridgehead atoms. The Morgan fingerprint density at radius 3 is 2.88 bits per heavy atom. The third kappa shape index (κ3) is 1.91. The summed E-state index contributed by atoms with van der Waals surface area (Å²) in [5.41, 5.74) is 6.05. The number of aromatic nitrogens is 2. The molecule has 0 aromatic carbocycles. The van der Waals surface area contributed by atoms with Crippen LogP contribution in [0, 0.1) is 0 Å². The highest BCUT2D eigenvalue weighted by atomic mass is 16.2. The molecule has 0 radical (unpaired) electrons. The van der Waals surface area contributed by atoms with Gasteiger partial charge in [-0.3, -0.25) is 4.79 Å². The molecule has 0 spiro atoms. The summed E-state index contributed by atoms with van der Waals surface area (Å²) in [4.78, 5) is 21.8. The Labute approximate surface area is 93.9 Å². The largest absolute Gasteiger partial charge is 0.396 e. The van der Waals surface area contributed by atoms with E-state index in [1.54, 1.807) is 19.4 Å². The molecule has 1 fully saturated rings. The zero-order chi connectivity index (χ0) is 11.5. The first-order valence-corrected chi connectivity index (χ1v) is 5.28. The normalized spacial score (nSPS) is 19.8. The third-order valence-corrected chi connectivity index (χ3v) is 2.72. The molecule has 1 aliphatic heterocycles. The Kier molecular flexibility index (Phi) is 2.89. The van der Waals surface area contributed by atoms with Gasteiger partial charge in [0.05, 0.1) is 18.1 Å². The summed E-state index contributed by atoms with van der Waals surface area (Å²) in [5.74, 6) is 0.582. The third-order valence-electron chi connectivity index (χ3n) is 2.72. The monoisotopic (exact) mass is 221 g/mol. The van der Waals surface area contributed by atoms with Crippen LogP contribution < -0.4 is 16.0 Å². The summed E-state index contributed by atoms with van der Waals surface area (Å²) in [5, 5.41) is 2.66. The van der Waals surface area contributed by atoms with Gasteiger partial charge in [-0.15, -0.1) is 0 Å². The van der Waals surface area contributed by atoms with Gasteiger partial charge in [-0.1, -0.05) is 0 Å². The van der Waals surface area contributed by atoms with Crippen molar-refractivity contribution in [1.82, 2.24) is 15.3 Å². The van der Waals surface area contributed by atoms with E-state index >= 15 is 0 Å². The standard InChI is InChI=1S/C10H15N5O/c1-12-9(16)8-3-2-4-15(8)10-13-5-7(11)6-14-10/h5-6,8H,2-4,11H2,1H3,(H,12,16). The van der Waals surface area contributed by atoms with Gasteiger partial charge in [0.2, 0.25) is 11.9 Å². The molecule has 1 unspecified atom stereocenters. The molecular formula is C10H15N5O. The van der Waals surface area contributed by atoms with Crippen molar-refractivity contribution in [3.05, 3.63) is 12.4 Å². The topological polar surface area (TPSA) is 84.1 Å². The lowest BCUT2D eigenvalue weighted by atomic mass is 10.2. The van der Waals surface area contributed by atoms with E-state index in [4.69, 9.17) is 5.73 Å². The summed E-state index contributed by atoms with van der Waals surface area (Å²) in [6.45, 7) is 0.808. The van der Waals surface area contributed by atoms with Crippen molar-refractivity contribution in [2.45, 2.75) is 18.9 Å². The van der Waals surface area contributed by atoms with Crippen LogP contribution in [0.3, 0.4) is 0 Å². The van der Waals surface area contributed by atoms with Gasteiger partial charge in [0.25, 0.3) is 0 Å². The van der Waals surface area contributed by atoms with E-state index in [9.17, 15) is 4.79 Å². The molecule has 6 heteroatoms. The molecule has 1 saturated heterocycles. The molecule has 6 nitrogen and oxygen atoms in total. The molecule has 0 saturated carbocycles. The molecule has 16 heavy (non-hydrogen) atoms. The number of nitrogens with two attached hydrogens (primary N) is 1. The minimum atomic E-state index is -0.159. The summed E-state index contributed by atoms with van der Waals surface area (Å²) >= 11 is 0. The zero-order valence-corrected chi connectivity index (χ0v) is 9.18. The highest BCUT2D eigenvalue weighted by Gasteiger charge is 2.31. The van der Waals surface area contributed by atoms with Gasteiger partial charge in [0, 0.05) is 13.6 Å². The Morgan fingerprint density at radius 1 is 1.56 bits per heavy atom. The van der Waals surface area contributed by atoms with Crippen LogP contribution in [0.15, 0.2) is 12.4 Å². The fourth-order valence-electron chi connectivity index (χ4n) is 1.92. The Bertz CT molecular complexity index is 377. The van der Waals surface area contributed by atoms with Crippen LogP contribution in [-0.4, -0.2) is 35.5 Å². The van der Waals surface area contributed by atoms with E-state index in [0.717, 1.165) is 19.4 Å². The first kappa shape index (κ1) is 10.7. The molecule has 1 aromatic heterocycles. The maximum absolute atomic E-state index is 11.6. The maximum atomic E-state index is 11.6. The van der Waals surface area contributed by atoms with Crippen LogP contribution in [0.2, 0.25) is 0 Å². The van der Waals surface area contributed by atoms with Crippen molar-refractivity contribution >= 4 is 17.5 Å². The number of likely N-dealkylation sites (N-methyl/N-ethyl adjacent to an activating group) is 1. The lowest BCUT2D eigenvalue weighted by Crippen LogP contribution is -2.42. The minimum Gasteiger partial charge on any atom is -0.396 e. The molecular weight excluding hydrogens is 206 g/mol. The highest BCUT2D eigenvalue weighted by molar-refractivity contribution is 5.85. The zero-order valence-electron chi connectivity index (χ0n) is 9.18. The Balaban J connectivity index is 2.19. The van der Waals surface area contributed by atoms with Crippen molar-refractivity contribution in [3.8, 4) is 0 Å². The number of anilines is 2. The van der Waals surface area contributed by atoms with Crippen LogP contribution in [-0.2, 0) is 4.79 Å². The highest BCUT2D eigenvalue weighted by Crippen LogP contribution is 2.22. The molecule has 2 rings (SSSR count). The number of nitrogen functional groups attached to an aromatic ring is 1. The molecule has 1 aromatic rings. The van der Waals surface area contributed by atoms with E-state index in [-0.39, 0.29) is 11.9 Å². The van der Waals surface area contributed by atoms with Gasteiger partial charge < -0.3 is 16.0 Å². The van der Waals surface area contributed by atoms with Crippen molar-refractivity contribution < 1.29 is 4.79 Å². The SMILES string of the molecule is CNC(=O)C1CCCN1c1ncc(N)cn1. The second kappa shape index (κ2) is 4.34. The predicted octanol–water partition coefficient (Wildman–Crippen LogP) is -0.226. The first-order chi connectivity index (χ1) is 7.72. The number of nitrogens with zero attached hydrogens (tertiary/aromatic N) is 3. The summed E-state index contributed by atoms with van der Waals surface area (Å²) in [6.07, 6.45) is 4.93. The van der Waals surface area contributed by atoms with Crippen LogP contribution in [0.5, 0.6) is 0 Å². The van der Waals surface area contributed by atoms with E-state index < -0.39 is 0 Å². The van der Waals surface area contributed by atoms with Gasteiger partial charge in [-0.2, -0.15) is 0 Å². The van der Waals surface area contributed by atoms with E-state index in [1.807, 2.05) is 4.90 Å². The Hall–Kier alpha value is -1.85. The molecule has 3 N–H and O–H groups in total. The quantitative estimate of drug-likeness (QED) is 0.721. The van der Waals surface area contributed by atoms with Crippen LogP contribution in [0.25, 0.3) is 0 Å². The average Bonchev–Trinajstić information content (AvgIpc) is 2.78. The van der Waals surface area contributed by atoms with Gasteiger partial charge >= 0.3 is 0 Å². The second-order valence-corrected chi connectivity index (χ2v) is 3.78. The number of carbonyl (C=O) groups is 1. The van der Waals surface area contributed by atoms with Crippen molar-refractivity contribution in [2.24, 2.45) is 0 Å². The summed E-state index contributed by atoms with van der Waals surface area (Å²) < 4.78 is 0. The number of carbonyl (C=O) groups excluding carboxylic acids is 1. The van der Waals surface area contributed by atoms with Crippen LogP contribution in [0.4, 0.5) is 11.6 Å². The number of rotatable bonds is 2. The minimum absolute atomic E-state index is 0.0120. The van der Waals surface area contributed by atoms with Crippen LogP contribution >= 0.6 is 0 Å². The second-order valence-electron chi connectivity index (χ2n) is 3.78. The lowest BCUT2D eigenvalue weighted by molar-refractivity contribution is -0.121. The molecule has 0 aliphatic carbocycles. The molecule has 86 valence electrons. The summed E-state index contributed by atoms with van der Waals surface area (Å²) in [6, 6.07) is -0.159. The number of hydrogen-bond donors (Lipinski definition) is 2. The predicted molar refractivity (Wildman–Crippen MR) is 60.9 cm³/mol. The molecule has 2 heterocycles. The van der Waals surface area contributed by atoms with Crippen LogP contribution in [0.1, 0.15) is 12.8 Å². The first-order valence-electron chi connectivity index (χ1n) is 5.28. The van der Waals surface area contributed by atoms with Crippen molar-refractivity contribution in [1.29, 1.82) is 0 Å². The fourth-order valence-corrected chi connectivity index (χ4v) is 1.92. The lowest BCUT2D eigenvalue weighted by Gasteiger charge is -2.22. The number of amides is 1. The fraction of sp³-hybridized carbons (Fsp3) is 0.500. The number of nitrogens with one attached hydrogen (secondary N) is 1.